The second kappa shape index (κ2) is 9.59. The average molecular weight is 446 g/mol. The SMILES string of the molecule is CCOC(=O)c1c(NC(=S)NC(=O)C=Cc2ccc([N+](=O)[O-])cc2)sc2c1CCC2. The molecule has 0 bridgehead atoms. The summed E-state index contributed by atoms with van der Waals surface area (Å²) in [4.78, 5) is 35.8. The molecule has 0 saturated carbocycles. The van der Waals surface area contributed by atoms with E-state index in [2.05, 4.69) is 10.6 Å². The van der Waals surface area contributed by atoms with E-state index < -0.39 is 16.8 Å². The maximum atomic E-state index is 12.4. The molecule has 0 unspecified atom stereocenters. The van der Waals surface area contributed by atoms with E-state index in [9.17, 15) is 19.7 Å². The van der Waals surface area contributed by atoms with E-state index in [1.165, 1.54) is 47.8 Å². The van der Waals surface area contributed by atoms with Crippen molar-refractivity contribution in [3.8, 4) is 0 Å². The first-order chi connectivity index (χ1) is 14.4. The molecule has 2 N–H and O–H groups in total. The number of rotatable bonds is 6. The molecule has 156 valence electrons. The van der Waals surface area contributed by atoms with Crippen molar-refractivity contribution in [1.82, 2.24) is 5.32 Å². The van der Waals surface area contributed by atoms with Crippen molar-refractivity contribution < 1.29 is 19.2 Å². The second-order valence-corrected chi connectivity index (χ2v) is 7.92. The number of hydrogen-bond donors (Lipinski definition) is 2. The van der Waals surface area contributed by atoms with E-state index in [0.717, 1.165) is 29.7 Å². The van der Waals surface area contributed by atoms with E-state index in [4.69, 9.17) is 17.0 Å². The minimum atomic E-state index is -0.491. The fourth-order valence-corrected chi connectivity index (χ4v) is 4.63. The number of nitrogens with one attached hydrogen (secondary N) is 2. The highest BCUT2D eigenvalue weighted by atomic mass is 32.1. The molecule has 0 fully saturated rings. The Morgan fingerprint density at radius 2 is 2.03 bits per heavy atom. The van der Waals surface area contributed by atoms with Crippen LogP contribution in [-0.4, -0.2) is 28.5 Å². The van der Waals surface area contributed by atoms with E-state index in [1.54, 1.807) is 6.92 Å². The van der Waals surface area contributed by atoms with Gasteiger partial charge in [-0.25, -0.2) is 4.79 Å². The molecule has 1 aliphatic carbocycles. The molecule has 1 heterocycles. The number of thiophene rings is 1. The second-order valence-electron chi connectivity index (χ2n) is 6.41. The zero-order valence-corrected chi connectivity index (χ0v) is 17.7. The summed E-state index contributed by atoms with van der Waals surface area (Å²) in [6, 6.07) is 5.79. The lowest BCUT2D eigenvalue weighted by Crippen LogP contribution is -2.33. The van der Waals surface area contributed by atoms with Crippen molar-refractivity contribution >= 4 is 57.3 Å². The van der Waals surface area contributed by atoms with Crippen molar-refractivity contribution in [2.45, 2.75) is 26.2 Å². The molecule has 0 radical (unpaired) electrons. The lowest BCUT2D eigenvalue weighted by atomic mass is 10.1. The summed E-state index contributed by atoms with van der Waals surface area (Å²) in [6.45, 7) is 2.03. The first-order valence-corrected chi connectivity index (χ1v) is 10.5. The van der Waals surface area contributed by atoms with E-state index in [-0.39, 0.29) is 17.4 Å². The number of thiocarbonyl (C=S) groups is 1. The van der Waals surface area contributed by atoms with Gasteiger partial charge in [-0.3, -0.25) is 20.2 Å². The van der Waals surface area contributed by atoms with Gasteiger partial charge < -0.3 is 10.1 Å². The summed E-state index contributed by atoms with van der Waals surface area (Å²) in [5, 5.41) is 16.8. The largest absolute Gasteiger partial charge is 0.462 e. The molecular weight excluding hydrogens is 426 g/mol. The fraction of sp³-hybridized carbons (Fsp3) is 0.250. The first kappa shape index (κ1) is 21.6. The number of carbonyl (C=O) groups excluding carboxylic acids is 2. The first-order valence-electron chi connectivity index (χ1n) is 9.25. The standard InChI is InChI=1S/C20H19N3O5S2/c1-2-28-19(25)17-14-4-3-5-15(14)30-18(17)22-20(29)21-16(24)11-8-12-6-9-13(10-7-12)23(26)27/h6-11H,2-5H2,1H3,(H2,21,22,24,29). The van der Waals surface area contributed by atoms with Crippen LogP contribution in [0.25, 0.3) is 6.08 Å². The highest BCUT2D eigenvalue weighted by molar-refractivity contribution is 7.80. The zero-order valence-electron chi connectivity index (χ0n) is 16.1. The summed E-state index contributed by atoms with van der Waals surface area (Å²) in [7, 11) is 0. The Bertz CT molecular complexity index is 1030. The monoisotopic (exact) mass is 445 g/mol. The Labute approximate surface area is 182 Å². The number of non-ortho nitro benzene ring substituents is 1. The van der Waals surface area contributed by atoms with Crippen LogP contribution >= 0.6 is 23.6 Å². The van der Waals surface area contributed by atoms with Crippen molar-refractivity contribution in [1.29, 1.82) is 0 Å². The van der Waals surface area contributed by atoms with Gasteiger partial charge in [-0.1, -0.05) is 0 Å². The number of anilines is 1. The van der Waals surface area contributed by atoms with Gasteiger partial charge in [0.05, 0.1) is 17.1 Å². The molecule has 2 aromatic rings. The molecule has 10 heteroatoms. The molecule has 8 nitrogen and oxygen atoms in total. The molecular formula is C20H19N3O5S2. The van der Waals surface area contributed by atoms with E-state index >= 15 is 0 Å². The van der Waals surface area contributed by atoms with Gasteiger partial charge in [0.25, 0.3) is 5.69 Å². The molecule has 1 amide bonds. The summed E-state index contributed by atoms with van der Waals surface area (Å²) < 4.78 is 5.17. The van der Waals surface area contributed by atoms with E-state index in [1.807, 2.05) is 0 Å². The Kier molecular flexibility index (Phi) is 6.91. The minimum absolute atomic E-state index is 0.0257. The molecule has 3 rings (SSSR count). The third kappa shape index (κ3) is 5.08. The predicted octanol–water partition coefficient (Wildman–Crippen LogP) is 3.85. The number of nitro benzene ring substituents is 1. The van der Waals surface area contributed by atoms with Gasteiger partial charge in [-0.05, 0) is 67.7 Å². The quantitative estimate of drug-likeness (QED) is 0.228. The van der Waals surface area contributed by atoms with Crippen LogP contribution in [0.1, 0.15) is 39.7 Å². The number of benzene rings is 1. The van der Waals surface area contributed by atoms with Crippen LogP contribution in [-0.2, 0) is 22.4 Å². The van der Waals surface area contributed by atoms with Gasteiger partial charge in [0.15, 0.2) is 5.11 Å². The molecule has 1 aromatic carbocycles. The average Bonchev–Trinajstić information content (AvgIpc) is 3.27. The Hall–Kier alpha value is -3.11. The van der Waals surface area contributed by atoms with Crippen LogP contribution in [0.4, 0.5) is 10.7 Å². The number of carbonyl (C=O) groups is 2. The van der Waals surface area contributed by atoms with Crippen LogP contribution in [0.15, 0.2) is 30.3 Å². The van der Waals surface area contributed by atoms with E-state index in [0.29, 0.717) is 16.1 Å². The molecule has 1 aliphatic rings. The normalized spacial score (nSPS) is 12.4. The lowest BCUT2D eigenvalue weighted by Gasteiger charge is -2.10. The topological polar surface area (TPSA) is 111 Å². The third-order valence-corrected chi connectivity index (χ3v) is 5.81. The fourth-order valence-electron chi connectivity index (χ4n) is 3.08. The number of amides is 1. The molecule has 0 aliphatic heterocycles. The number of esters is 1. The summed E-state index contributed by atoms with van der Waals surface area (Å²) in [5.74, 6) is -0.862. The van der Waals surface area contributed by atoms with Crippen LogP contribution in [0.3, 0.4) is 0 Å². The number of ether oxygens (including phenoxy) is 1. The van der Waals surface area contributed by atoms with Gasteiger partial charge in [0.2, 0.25) is 5.91 Å². The van der Waals surface area contributed by atoms with Gasteiger partial charge in [0, 0.05) is 23.1 Å². The number of hydrogen-bond acceptors (Lipinski definition) is 7. The van der Waals surface area contributed by atoms with Crippen molar-refractivity contribution in [2.75, 3.05) is 11.9 Å². The Morgan fingerprint density at radius 3 is 2.70 bits per heavy atom. The maximum absolute atomic E-state index is 12.4. The zero-order chi connectivity index (χ0) is 21.7. The molecule has 0 saturated heterocycles. The number of nitrogens with zero attached hydrogens (tertiary/aromatic N) is 1. The van der Waals surface area contributed by atoms with Gasteiger partial charge in [0.1, 0.15) is 5.00 Å². The van der Waals surface area contributed by atoms with Crippen molar-refractivity contribution in [3.05, 3.63) is 62.0 Å². The third-order valence-electron chi connectivity index (χ3n) is 4.40. The van der Waals surface area contributed by atoms with Crippen molar-refractivity contribution in [2.24, 2.45) is 0 Å². The van der Waals surface area contributed by atoms with Crippen LogP contribution in [0.5, 0.6) is 0 Å². The van der Waals surface area contributed by atoms with Gasteiger partial charge in [-0.2, -0.15) is 0 Å². The Balaban J connectivity index is 1.63. The molecule has 30 heavy (non-hydrogen) atoms. The molecule has 1 aromatic heterocycles. The highest BCUT2D eigenvalue weighted by Gasteiger charge is 2.28. The Morgan fingerprint density at radius 1 is 1.30 bits per heavy atom. The minimum Gasteiger partial charge on any atom is -0.462 e. The van der Waals surface area contributed by atoms with Gasteiger partial charge >= 0.3 is 5.97 Å². The molecule has 0 spiro atoms. The van der Waals surface area contributed by atoms with Gasteiger partial charge in [-0.15, -0.1) is 11.3 Å². The highest BCUT2D eigenvalue weighted by Crippen LogP contribution is 2.39. The smallest absolute Gasteiger partial charge is 0.341 e. The van der Waals surface area contributed by atoms with Crippen LogP contribution < -0.4 is 10.6 Å². The van der Waals surface area contributed by atoms with Crippen LogP contribution in [0.2, 0.25) is 0 Å². The van der Waals surface area contributed by atoms with Crippen molar-refractivity contribution in [3.63, 3.8) is 0 Å². The van der Waals surface area contributed by atoms with Crippen LogP contribution in [0, 0.1) is 10.1 Å². The maximum Gasteiger partial charge on any atom is 0.341 e. The predicted molar refractivity (Wildman–Crippen MR) is 119 cm³/mol. The molecule has 0 atom stereocenters. The summed E-state index contributed by atoms with van der Waals surface area (Å²) in [6.07, 6.45) is 5.52. The summed E-state index contributed by atoms with van der Waals surface area (Å²) in [5.41, 5.74) is 2.09. The number of aryl methyl sites for hydroxylation is 1. The lowest BCUT2D eigenvalue weighted by molar-refractivity contribution is -0.384. The number of nitro groups is 1. The number of fused-ring (bicyclic) bond motifs is 1. The summed E-state index contributed by atoms with van der Waals surface area (Å²) >= 11 is 6.66.